The lowest BCUT2D eigenvalue weighted by molar-refractivity contribution is -0.146. The molecular formula is C21H23N5O4. The predicted molar refractivity (Wildman–Crippen MR) is 110 cm³/mol. The molecule has 30 heavy (non-hydrogen) atoms. The summed E-state index contributed by atoms with van der Waals surface area (Å²) in [6, 6.07) is 11.5. The summed E-state index contributed by atoms with van der Waals surface area (Å²) >= 11 is 0. The van der Waals surface area contributed by atoms with Crippen LogP contribution in [0.1, 0.15) is 18.9 Å². The van der Waals surface area contributed by atoms with Crippen molar-refractivity contribution in [3.63, 3.8) is 0 Å². The second-order valence-corrected chi connectivity index (χ2v) is 7.25. The van der Waals surface area contributed by atoms with E-state index in [2.05, 4.69) is 15.3 Å². The minimum Gasteiger partial charge on any atom is -0.467 e. The number of nitrogens with zero attached hydrogens (tertiary/aromatic N) is 4. The first-order valence-electron chi connectivity index (χ1n) is 9.60. The van der Waals surface area contributed by atoms with E-state index in [-0.39, 0.29) is 25.3 Å². The largest absolute Gasteiger partial charge is 0.467 e. The molecule has 9 nitrogen and oxygen atoms in total. The Bertz CT molecular complexity index is 1020. The van der Waals surface area contributed by atoms with Crippen LogP contribution in [-0.2, 0) is 25.5 Å². The van der Waals surface area contributed by atoms with Crippen molar-refractivity contribution < 1.29 is 19.1 Å². The summed E-state index contributed by atoms with van der Waals surface area (Å²) in [7, 11) is 1.26. The number of ether oxygens (including phenoxy) is 1. The van der Waals surface area contributed by atoms with Gasteiger partial charge in [-0.15, -0.1) is 0 Å². The van der Waals surface area contributed by atoms with E-state index >= 15 is 0 Å². The maximum atomic E-state index is 12.9. The Hall–Kier alpha value is -3.58. The van der Waals surface area contributed by atoms with Crippen LogP contribution in [0.15, 0.2) is 47.6 Å². The average Bonchev–Trinajstić information content (AvgIpc) is 3.17. The van der Waals surface area contributed by atoms with Crippen LogP contribution in [0.2, 0.25) is 0 Å². The third kappa shape index (κ3) is 4.69. The van der Waals surface area contributed by atoms with E-state index in [1.807, 2.05) is 42.5 Å². The van der Waals surface area contributed by atoms with Crippen LogP contribution in [0, 0.1) is 0 Å². The molecule has 3 atom stereocenters. The van der Waals surface area contributed by atoms with E-state index in [0.29, 0.717) is 0 Å². The Morgan fingerprint density at radius 3 is 2.67 bits per heavy atom. The summed E-state index contributed by atoms with van der Waals surface area (Å²) in [6.45, 7) is 1.52. The summed E-state index contributed by atoms with van der Waals surface area (Å²) in [4.78, 5) is 41.3. The molecule has 1 aliphatic heterocycles. The highest BCUT2D eigenvalue weighted by Gasteiger charge is 2.39. The zero-order chi connectivity index (χ0) is 21.7. The number of nitrogens with one attached hydrogen (secondary N) is 1. The third-order valence-corrected chi connectivity index (χ3v) is 5.26. The van der Waals surface area contributed by atoms with Crippen molar-refractivity contribution >= 4 is 28.6 Å². The van der Waals surface area contributed by atoms with Crippen molar-refractivity contribution in [3.8, 4) is 0 Å². The van der Waals surface area contributed by atoms with Gasteiger partial charge in [0.1, 0.15) is 12.1 Å². The smallest absolute Gasteiger partial charge is 0.328 e. The molecule has 2 amide bonds. The second kappa shape index (κ2) is 9.28. The van der Waals surface area contributed by atoms with Gasteiger partial charge in [-0.2, -0.15) is 0 Å². The van der Waals surface area contributed by atoms with Crippen LogP contribution in [0.25, 0.3) is 21.2 Å². The maximum Gasteiger partial charge on any atom is 0.328 e. The van der Waals surface area contributed by atoms with Crippen LogP contribution in [-0.4, -0.2) is 54.5 Å². The monoisotopic (exact) mass is 409 g/mol. The van der Waals surface area contributed by atoms with Crippen molar-refractivity contribution in [2.45, 2.75) is 37.9 Å². The fourth-order valence-electron chi connectivity index (χ4n) is 3.77. The average molecular weight is 409 g/mol. The lowest BCUT2D eigenvalue weighted by Gasteiger charge is -2.25. The van der Waals surface area contributed by atoms with E-state index in [1.54, 1.807) is 0 Å². The van der Waals surface area contributed by atoms with E-state index < -0.39 is 30.0 Å². The number of azide groups is 1. The Morgan fingerprint density at radius 2 is 2.00 bits per heavy atom. The van der Waals surface area contributed by atoms with E-state index in [9.17, 15) is 14.4 Å². The predicted octanol–water partition coefficient (Wildman–Crippen LogP) is 2.34. The molecule has 3 rings (SSSR count). The van der Waals surface area contributed by atoms with Gasteiger partial charge >= 0.3 is 5.97 Å². The number of methoxy groups -OCH3 is 1. The van der Waals surface area contributed by atoms with Gasteiger partial charge in [-0.3, -0.25) is 9.59 Å². The Labute approximate surface area is 173 Å². The molecule has 1 heterocycles. The molecule has 1 fully saturated rings. The normalized spacial score (nSPS) is 19.1. The topological polar surface area (TPSA) is 124 Å². The highest BCUT2D eigenvalue weighted by molar-refractivity contribution is 5.91. The fourth-order valence-corrected chi connectivity index (χ4v) is 3.77. The molecule has 0 spiro atoms. The number of esters is 1. The number of benzene rings is 2. The number of hydrogen-bond donors (Lipinski definition) is 1. The highest BCUT2D eigenvalue weighted by Crippen LogP contribution is 2.22. The zero-order valence-corrected chi connectivity index (χ0v) is 16.8. The fraction of sp³-hybridized carbons (Fsp3) is 0.381. The van der Waals surface area contributed by atoms with Crippen LogP contribution in [0.5, 0.6) is 0 Å². The maximum absolute atomic E-state index is 12.9. The molecule has 0 aliphatic carbocycles. The molecule has 0 unspecified atom stereocenters. The number of fused-ring (bicyclic) bond motifs is 1. The number of amides is 2. The Kier molecular flexibility index (Phi) is 6.54. The molecule has 2 aromatic carbocycles. The molecule has 1 saturated heterocycles. The lowest BCUT2D eigenvalue weighted by atomic mass is 10.0. The molecule has 0 saturated carbocycles. The molecule has 0 radical (unpaired) electrons. The quantitative estimate of drug-likeness (QED) is 0.340. The van der Waals surface area contributed by atoms with Gasteiger partial charge in [0.05, 0.1) is 13.2 Å². The number of carbonyl (C=O) groups is 3. The molecule has 156 valence electrons. The molecular weight excluding hydrogens is 386 g/mol. The molecule has 2 aromatic rings. The standard InChI is InChI=1S/C21H23N5O4/c1-13(27)26-12-17(24-25-22)11-19(26)20(28)23-18(21(29)30-2)10-14-7-8-15-5-3-4-6-16(15)9-14/h3-9,17-19H,10-12H2,1-2H3,(H,23,28)/t17-,18-,19-/m0/s1. The summed E-state index contributed by atoms with van der Waals surface area (Å²) in [5, 5.41) is 8.45. The van der Waals surface area contributed by atoms with Gasteiger partial charge in [-0.05, 0) is 28.3 Å². The molecule has 1 aliphatic rings. The van der Waals surface area contributed by atoms with Crippen LogP contribution in [0.3, 0.4) is 0 Å². The summed E-state index contributed by atoms with van der Waals surface area (Å²) in [6.07, 6.45) is 0.454. The van der Waals surface area contributed by atoms with Crippen molar-refractivity contribution in [2.75, 3.05) is 13.7 Å². The summed E-state index contributed by atoms with van der Waals surface area (Å²) < 4.78 is 4.87. The van der Waals surface area contributed by atoms with Gasteiger partial charge in [0.2, 0.25) is 11.8 Å². The Morgan fingerprint density at radius 1 is 1.27 bits per heavy atom. The third-order valence-electron chi connectivity index (χ3n) is 5.26. The number of carbonyl (C=O) groups excluding carboxylic acids is 3. The van der Waals surface area contributed by atoms with Gasteiger partial charge in [-0.1, -0.05) is 47.6 Å². The summed E-state index contributed by atoms with van der Waals surface area (Å²) in [5.41, 5.74) is 9.53. The zero-order valence-electron chi connectivity index (χ0n) is 16.8. The number of likely N-dealkylation sites (tertiary alicyclic amines) is 1. The molecule has 9 heteroatoms. The Balaban J connectivity index is 1.78. The molecule has 0 aromatic heterocycles. The van der Waals surface area contributed by atoms with E-state index in [1.165, 1.54) is 18.9 Å². The second-order valence-electron chi connectivity index (χ2n) is 7.25. The summed E-state index contributed by atoms with van der Waals surface area (Å²) in [5.74, 6) is -1.34. The van der Waals surface area contributed by atoms with Gasteiger partial charge in [-0.25, -0.2) is 4.79 Å². The van der Waals surface area contributed by atoms with Gasteiger partial charge < -0.3 is 15.0 Å². The van der Waals surface area contributed by atoms with Crippen molar-refractivity contribution in [1.29, 1.82) is 0 Å². The van der Waals surface area contributed by atoms with Gasteiger partial charge in [0.25, 0.3) is 0 Å². The first-order valence-corrected chi connectivity index (χ1v) is 9.60. The van der Waals surface area contributed by atoms with Crippen molar-refractivity contribution in [3.05, 3.63) is 58.5 Å². The number of hydrogen-bond acceptors (Lipinski definition) is 5. The SMILES string of the molecule is COC(=O)[C@H](Cc1ccc2ccccc2c1)NC(=O)[C@@H]1C[C@H](N=[N+]=[N-])CN1C(C)=O. The van der Waals surface area contributed by atoms with Gasteiger partial charge in [0.15, 0.2) is 0 Å². The molecule has 0 bridgehead atoms. The minimum absolute atomic E-state index is 0.172. The molecule has 1 N–H and O–H groups in total. The minimum atomic E-state index is -0.906. The van der Waals surface area contributed by atoms with E-state index in [0.717, 1.165) is 16.3 Å². The van der Waals surface area contributed by atoms with Crippen LogP contribution >= 0.6 is 0 Å². The first kappa shape index (κ1) is 21.1. The van der Waals surface area contributed by atoms with E-state index in [4.69, 9.17) is 10.3 Å². The highest BCUT2D eigenvalue weighted by atomic mass is 16.5. The van der Waals surface area contributed by atoms with Gasteiger partial charge in [0, 0.05) is 24.8 Å². The van der Waals surface area contributed by atoms with Crippen molar-refractivity contribution in [2.24, 2.45) is 5.11 Å². The van der Waals surface area contributed by atoms with Crippen molar-refractivity contribution in [1.82, 2.24) is 10.2 Å². The first-order chi connectivity index (χ1) is 14.4. The van der Waals surface area contributed by atoms with Crippen LogP contribution < -0.4 is 5.32 Å². The number of rotatable bonds is 6. The van der Waals surface area contributed by atoms with Crippen LogP contribution in [0.4, 0.5) is 0 Å². The lowest BCUT2D eigenvalue weighted by Crippen LogP contribution is -2.51.